The number of piperidine rings is 1. The molecule has 1 aliphatic rings. The summed E-state index contributed by atoms with van der Waals surface area (Å²) in [6.45, 7) is 7.70. The highest BCUT2D eigenvalue weighted by Crippen LogP contribution is 2.19. The first-order valence-corrected chi connectivity index (χ1v) is 6.60. The van der Waals surface area contributed by atoms with Gasteiger partial charge in [0.1, 0.15) is 0 Å². The van der Waals surface area contributed by atoms with Gasteiger partial charge in [0, 0.05) is 31.8 Å². The highest BCUT2D eigenvalue weighted by atomic mass is 16.4. The van der Waals surface area contributed by atoms with Crippen LogP contribution in [0.15, 0.2) is 5.16 Å². The van der Waals surface area contributed by atoms with Crippen LogP contribution in [0.2, 0.25) is 0 Å². The van der Waals surface area contributed by atoms with Crippen molar-refractivity contribution >= 4 is 11.6 Å². The van der Waals surface area contributed by atoms with E-state index in [9.17, 15) is 4.79 Å². The lowest BCUT2D eigenvalue weighted by atomic mass is 9.92. The van der Waals surface area contributed by atoms with Crippen molar-refractivity contribution in [2.24, 2.45) is 17.0 Å². The van der Waals surface area contributed by atoms with Crippen LogP contribution in [0.3, 0.4) is 0 Å². The summed E-state index contributed by atoms with van der Waals surface area (Å²) in [4.78, 5) is 14.0. The molecule has 0 bridgehead atoms. The van der Waals surface area contributed by atoms with Gasteiger partial charge in [-0.3, -0.25) is 4.79 Å². The van der Waals surface area contributed by atoms with Crippen LogP contribution in [-0.2, 0) is 4.79 Å². The highest BCUT2D eigenvalue weighted by molar-refractivity contribution is 5.89. The maximum absolute atomic E-state index is 12.0. The molecule has 4 heteroatoms. The fourth-order valence-electron chi connectivity index (χ4n) is 2.21. The summed E-state index contributed by atoms with van der Waals surface area (Å²) >= 11 is 0. The quantitative estimate of drug-likeness (QED) is 0.606. The van der Waals surface area contributed by atoms with Gasteiger partial charge in [-0.15, -0.1) is 0 Å². The molecule has 1 N–H and O–H groups in total. The van der Waals surface area contributed by atoms with Gasteiger partial charge in [0.2, 0.25) is 5.91 Å². The Morgan fingerprint density at radius 1 is 1.59 bits per heavy atom. The van der Waals surface area contributed by atoms with Crippen molar-refractivity contribution in [1.82, 2.24) is 4.90 Å². The summed E-state index contributed by atoms with van der Waals surface area (Å²) in [7, 11) is 0. The number of hydrogen-bond acceptors (Lipinski definition) is 3. The van der Waals surface area contributed by atoms with Crippen molar-refractivity contribution in [3.63, 3.8) is 0 Å². The standard InChI is InChI=1S/C13H24N2O2/c1-4-10(3)8-13(16)15-7-6-12(14-17)11(5-2)9-15/h10-11,17H,4-9H2,1-3H3. The van der Waals surface area contributed by atoms with Gasteiger partial charge >= 0.3 is 0 Å². The second kappa shape index (κ2) is 6.62. The fourth-order valence-corrected chi connectivity index (χ4v) is 2.21. The van der Waals surface area contributed by atoms with E-state index in [0.29, 0.717) is 31.8 Å². The molecule has 0 aliphatic carbocycles. The SMILES string of the molecule is CCC(C)CC(=O)N1CCC(=NO)C(CC)C1. The molecule has 2 atom stereocenters. The summed E-state index contributed by atoms with van der Waals surface area (Å²) in [5.74, 6) is 0.930. The van der Waals surface area contributed by atoms with Crippen molar-refractivity contribution in [1.29, 1.82) is 0 Å². The molecule has 0 aromatic heterocycles. The minimum Gasteiger partial charge on any atom is -0.411 e. The summed E-state index contributed by atoms with van der Waals surface area (Å²) in [6, 6.07) is 0. The number of carbonyl (C=O) groups excluding carboxylic acids is 1. The zero-order valence-electron chi connectivity index (χ0n) is 11.1. The minimum atomic E-state index is 0.231. The molecule has 0 aromatic rings. The first-order chi connectivity index (χ1) is 8.12. The number of rotatable bonds is 4. The largest absolute Gasteiger partial charge is 0.411 e. The van der Waals surface area contributed by atoms with Crippen LogP contribution in [0, 0.1) is 11.8 Å². The third-order valence-corrected chi connectivity index (χ3v) is 3.74. The Kier molecular flexibility index (Phi) is 5.45. The maximum atomic E-state index is 12.0. The van der Waals surface area contributed by atoms with Gasteiger partial charge in [0.05, 0.1) is 5.71 Å². The predicted octanol–water partition coefficient (Wildman–Crippen LogP) is 2.51. The van der Waals surface area contributed by atoms with Crippen LogP contribution < -0.4 is 0 Å². The molecule has 1 saturated heterocycles. The molecule has 1 aliphatic heterocycles. The van der Waals surface area contributed by atoms with Gasteiger partial charge in [-0.25, -0.2) is 0 Å². The van der Waals surface area contributed by atoms with Crippen LogP contribution in [0.25, 0.3) is 0 Å². The first-order valence-electron chi connectivity index (χ1n) is 6.60. The number of likely N-dealkylation sites (tertiary alicyclic amines) is 1. The molecule has 2 unspecified atom stereocenters. The van der Waals surface area contributed by atoms with E-state index in [4.69, 9.17) is 5.21 Å². The van der Waals surface area contributed by atoms with Crippen LogP contribution in [0.5, 0.6) is 0 Å². The summed E-state index contributed by atoms with van der Waals surface area (Å²) < 4.78 is 0. The first kappa shape index (κ1) is 14.0. The average Bonchev–Trinajstić information content (AvgIpc) is 2.37. The zero-order valence-corrected chi connectivity index (χ0v) is 11.1. The van der Waals surface area contributed by atoms with E-state index in [2.05, 4.69) is 25.9 Å². The Morgan fingerprint density at radius 2 is 2.29 bits per heavy atom. The van der Waals surface area contributed by atoms with Crippen molar-refractivity contribution in [2.45, 2.75) is 46.5 Å². The lowest BCUT2D eigenvalue weighted by Crippen LogP contribution is -2.44. The van der Waals surface area contributed by atoms with E-state index in [-0.39, 0.29) is 11.8 Å². The summed E-state index contributed by atoms with van der Waals surface area (Å²) in [6.07, 6.45) is 3.31. The third-order valence-electron chi connectivity index (χ3n) is 3.74. The number of hydrogen-bond donors (Lipinski definition) is 1. The molecular formula is C13H24N2O2. The maximum Gasteiger partial charge on any atom is 0.222 e. The Morgan fingerprint density at radius 3 is 2.82 bits per heavy atom. The van der Waals surface area contributed by atoms with E-state index in [0.717, 1.165) is 18.6 Å². The Hall–Kier alpha value is -1.06. The molecule has 1 amide bonds. The molecule has 98 valence electrons. The van der Waals surface area contributed by atoms with Crippen LogP contribution in [0.4, 0.5) is 0 Å². The van der Waals surface area contributed by atoms with Crippen LogP contribution >= 0.6 is 0 Å². The fraction of sp³-hybridized carbons (Fsp3) is 0.846. The van der Waals surface area contributed by atoms with Gasteiger partial charge in [-0.2, -0.15) is 0 Å². The molecule has 1 rings (SSSR count). The lowest BCUT2D eigenvalue weighted by molar-refractivity contribution is -0.132. The van der Waals surface area contributed by atoms with E-state index >= 15 is 0 Å². The molecular weight excluding hydrogens is 216 g/mol. The van der Waals surface area contributed by atoms with Gasteiger partial charge in [0.25, 0.3) is 0 Å². The van der Waals surface area contributed by atoms with Crippen molar-refractivity contribution in [3.8, 4) is 0 Å². The van der Waals surface area contributed by atoms with Crippen molar-refractivity contribution < 1.29 is 10.0 Å². The molecule has 0 saturated carbocycles. The molecule has 0 aromatic carbocycles. The molecule has 0 spiro atoms. The van der Waals surface area contributed by atoms with E-state index < -0.39 is 0 Å². The number of carbonyl (C=O) groups is 1. The van der Waals surface area contributed by atoms with Crippen LogP contribution in [-0.4, -0.2) is 34.8 Å². The normalized spacial score (nSPS) is 25.0. The molecule has 17 heavy (non-hydrogen) atoms. The predicted molar refractivity (Wildman–Crippen MR) is 68.3 cm³/mol. The van der Waals surface area contributed by atoms with Gasteiger partial charge < -0.3 is 10.1 Å². The highest BCUT2D eigenvalue weighted by Gasteiger charge is 2.27. The Labute approximate surface area is 104 Å². The number of oxime groups is 1. The molecule has 1 fully saturated rings. The smallest absolute Gasteiger partial charge is 0.222 e. The monoisotopic (exact) mass is 240 g/mol. The van der Waals surface area contributed by atoms with Crippen LogP contribution in [0.1, 0.15) is 46.5 Å². The van der Waals surface area contributed by atoms with Gasteiger partial charge in [0.15, 0.2) is 0 Å². The van der Waals surface area contributed by atoms with Crippen molar-refractivity contribution in [3.05, 3.63) is 0 Å². The van der Waals surface area contributed by atoms with Crippen molar-refractivity contribution in [2.75, 3.05) is 13.1 Å². The Bertz CT molecular complexity index is 289. The van der Waals surface area contributed by atoms with E-state index in [1.807, 2.05) is 4.90 Å². The summed E-state index contributed by atoms with van der Waals surface area (Å²) in [5, 5.41) is 12.2. The number of nitrogens with zero attached hydrogens (tertiary/aromatic N) is 2. The van der Waals surface area contributed by atoms with Gasteiger partial charge in [-0.1, -0.05) is 32.3 Å². The minimum absolute atomic E-state index is 0.231. The molecule has 0 radical (unpaired) electrons. The third kappa shape index (κ3) is 3.72. The molecule has 4 nitrogen and oxygen atoms in total. The second-order valence-corrected chi connectivity index (χ2v) is 5.00. The van der Waals surface area contributed by atoms with Gasteiger partial charge in [-0.05, 0) is 12.3 Å². The van der Waals surface area contributed by atoms with E-state index in [1.165, 1.54) is 0 Å². The summed E-state index contributed by atoms with van der Waals surface area (Å²) in [5.41, 5.74) is 0.847. The zero-order chi connectivity index (χ0) is 12.8. The second-order valence-electron chi connectivity index (χ2n) is 5.00. The number of amides is 1. The lowest BCUT2D eigenvalue weighted by Gasteiger charge is -2.33. The van der Waals surface area contributed by atoms with E-state index in [1.54, 1.807) is 0 Å². The molecule has 1 heterocycles. The Balaban J connectivity index is 2.54. The topological polar surface area (TPSA) is 52.9 Å². The average molecular weight is 240 g/mol.